The van der Waals surface area contributed by atoms with Gasteiger partial charge >= 0.3 is 0 Å². The number of nitrogen functional groups attached to an aromatic ring is 3. The highest BCUT2D eigenvalue weighted by atomic mass is 16.3. The van der Waals surface area contributed by atoms with Gasteiger partial charge in [0, 0.05) is 12.2 Å². The van der Waals surface area contributed by atoms with Gasteiger partial charge in [-0.15, -0.1) is 0 Å². The normalized spacial score (nSPS) is 10.3. The van der Waals surface area contributed by atoms with Crippen LogP contribution >= 0.6 is 0 Å². The molecule has 9 N–H and O–H groups in total. The second kappa shape index (κ2) is 4.85. The Morgan fingerprint density at radius 3 is 2.11 bits per heavy atom. The van der Waals surface area contributed by atoms with Gasteiger partial charge in [-0.2, -0.15) is 0 Å². The van der Waals surface area contributed by atoms with Crippen molar-refractivity contribution >= 4 is 22.7 Å². The van der Waals surface area contributed by atoms with E-state index in [9.17, 15) is 10.2 Å². The monoisotopic (exact) mass is 260 g/mol. The van der Waals surface area contributed by atoms with Crippen molar-refractivity contribution in [1.29, 1.82) is 0 Å². The molecule has 0 radical (unpaired) electrons. The quantitative estimate of drug-likeness (QED) is 0.366. The lowest BCUT2D eigenvalue weighted by molar-refractivity contribution is 0.403. The summed E-state index contributed by atoms with van der Waals surface area (Å²) in [5, 5.41) is 21.7. The van der Waals surface area contributed by atoms with Crippen LogP contribution in [-0.2, 0) is 6.54 Å². The highest BCUT2D eigenvalue weighted by Gasteiger charge is 2.06. The van der Waals surface area contributed by atoms with Crippen LogP contribution in [0.3, 0.4) is 0 Å². The van der Waals surface area contributed by atoms with Gasteiger partial charge in [0.1, 0.15) is 0 Å². The lowest BCUT2D eigenvalue weighted by Gasteiger charge is -2.13. The average molecular weight is 260 g/mol. The summed E-state index contributed by atoms with van der Waals surface area (Å²) in [6, 6.07) is 7.81. The average Bonchev–Trinajstić information content (AvgIpc) is 2.32. The van der Waals surface area contributed by atoms with Gasteiger partial charge in [0.25, 0.3) is 0 Å². The van der Waals surface area contributed by atoms with E-state index < -0.39 is 0 Å². The fourth-order valence-electron chi connectivity index (χ4n) is 1.79. The smallest absolute Gasteiger partial charge is 0.157 e. The maximum absolute atomic E-state index is 9.40. The van der Waals surface area contributed by atoms with Crippen molar-refractivity contribution in [2.45, 2.75) is 6.54 Å². The number of benzene rings is 2. The van der Waals surface area contributed by atoms with E-state index in [1.807, 2.05) is 0 Å². The zero-order valence-corrected chi connectivity index (χ0v) is 10.2. The second-order valence-electron chi connectivity index (χ2n) is 4.25. The predicted octanol–water partition coefficient (Wildman–Crippen LogP) is 1.46. The minimum atomic E-state index is -0.169. The molecule has 6 nitrogen and oxygen atoms in total. The first-order valence-corrected chi connectivity index (χ1v) is 5.66. The van der Waals surface area contributed by atoms with Gasteiger partial charge < -0.3 is 32.7 Å². The largest absolute Gasteiger partial charge is 0.504 e. The molecule has 0 saturated heterocycles. The van der Waals surface area contributed by atoms with E-state index in [1.54, 1.807) is 18.2 Å². The van der Waals surface area contributed by atoms with E-state index in [0.717, 1.165) is 5.56 Å². The molecule has 0 aliphatic carbocycles. The SMILES string of the molecule is Nc1cc(N)c(NCc2ccc(O)c(O)c2)c(N)c1. The van der Waals surface area contributed by atoms with E-state index in [1.165, 1.54) is 12.1 Å². The Morgan fingerprint density at radius 1 is 0.895 bits per heavy atom. The van der Waals surface area contributed by atoms with E-state index in [4.69, 9.17) is 17.2 Å². The first-order valence-electron chi connectivity index (χ1n) is 5.66. The van der Waals surface area contributed by atoms with Gasteiger partial charge in [-0.05, 0) is 29.8 Å². The van der Waals surface area contributed by atoms with Crippen molar-refractivity contribution in [3.63, 3.8) is 0 Å². The Labute approximate surface area is 110 Å². The molecule has 0 spiro atoms. The van der Waals surface area contributed by atoms with Crippen LogP contribution in [0.1, 0.15) is 5.56 Å². The highest BCUT2D eigenvalue weighted by molar-refractivity contribution is 5.83. The Kier molecular flexibility index (Phi) is 3.24. The van der Waals surface area contributed by atoms with Gasteiger partial charge in [0.2, 0.25) is 0 Å². The molecule has 6 heteroatoms. The molecule has 100 valence electrons. The third-order valence-corrected chi connectivity index (χ3v) is 2.73. The minimum absolute atomic E-state index is 0.157. The Bertz CT molecular complexity index is 591. The van der Waals surface area contributed by atoms with Crippen LogP contribution in [-0.4, -0.2) is 10.2 Å². The number of nitrogens with two attached hydrogens (primary N) is 3. The van der Waals surface area contributed by atoms with E-state index in [2.05, 4.69) is 5.32 Å². The lowest BCUT2D eigenvalue weighted by atomic mass is 10.1. The molecular weight excluding hydrogens is 244 g/mol. The molecule has 19 heavy (non-hydrogen) atoms. The Balaban J connectivity index is 2.16. The van der Waals surface area contributed by atoms with Crippen LogP contribution in [0, 0.1) is 0 Å². The molecule has 2 aromatic rings. The van der Waals surface area contributed by atoms with Crippen molar-refractivity contribution in [1.82, 2.24) is 0 Å². The Hall–Kier alpha value is -2.76. The van der Waals surface area contributed by atoms with Crippen molar-refractivity contribution < 1.29 is 10.2 Å². The number of rotatable bonds is 3. The number of hydrogen-bond donors (Lipinski definition) is 6. The van der Waals surface area contributed by atoms with Gasteiger partial charge in [-0.3, -0.25) is 0 Å². The van der Waals surface area contributed by atoms with Crippen LogP contribution in [0.5, 0.6) is 11.5 Å². The van der Waals surface area contributed by atoms with Gasteiger partial charge in [0.15, 0.2) is 11.5 Å². The zero-order valence-electron chi connectivity index (χ0n) is 10.2. The first kappa shape index (κ1) is 12.7. The van der Waals surface area contributed by atoms with Crippen molar-refractivity contribution in [3.8, 4) is 11.5 Å². The van der Waals surface area contributed by atoms with Gasteiger partial charge in [-0.25, -0.2) is 0 Å². The molecule has 0 aliphatic heterocycles. The molecule has 0 bridgehead atoms. The molecule has 2 aromatic carbocycles. The van der Waals surface area contributed by atoms with Crippen LogP contribution in [0.2, 0.25) is 0 Å². The third kappa shape index (κ3) is 2.74. The minimum Gasteiger partial charge on any atom is -0.504 e. The third-order valence-electron chi connectivity index (χ3n) is 2.73. The van der Waals surface area contributed by atoms with Crippen LogP contribution in [0.4, 0.5) is 22.7 Å². The summed E-state index contributed by atoms with van der Waals surface area (Å²) in [5.74, 6) is -0.326. The summed E-state index contributed by atoms with van der Waals surface area (Å²) >= 11 is 0. The fraction of sp³-hybridized carbons (Fsp3) is 0.0769. The van der Waals surface area contributed by atoms with E-state index in [0.29, 0.717) is 29.3 Å². The number of anilines is 4. The molecule has 0 unspecified atom stereocenters. The number of hydrogen-bond acceptors (Lipinski definition) is 6. The molecule has 0 fully saturated rings. The van der Waals surface area contributed by atoms with Gasteiger partial charge in [-0.1, -0.05) is 6.07 Å². The molecular formula is C13H16N4O2. The molecule has 0 amide bonds. The second-order valence-corrected chi connectivity index (χ2v) is 4.25. The zero-order chi connectivity index (χ0) is 14.0. The molecule has 0 atom stereocenters. The maximum Gasteiger partial charge on any atom is 0.157 e. The van der Waals surface area contributed by atoms with E-state index >= 15 is 0 Å². The number of nitrogens with one attached hydrogen (secondary N) is 1. The maximum atomic E-state index is 9.40. The van der Waals surface area contributed by atoms with E-state index in [-0.39, 0.29) is 11.5 Å². The Morgan fingerprint density at radius 2 is 1.53 bits per heavy atom. The van der Waals surface area contributed by atoms with Crippen molar-refractivity contribution in [3.05, 3.63) is 35.9 Å². The summed E-state index contributed by atoms with van der Waals surface area (Å²) in [5.41, 5.74) is 20.1. The standard InChI is InChI=1S/C13H16N4O2/c14-8-4-9(15)13(10(16)5-8)17-6-7-1-2-11(18)12(19)3-7/h1-5,17-19H,6,14-16H2. The highest BCUT2D eigenvalue weighted by Crippen LogP contribution is 2.30. The molecule has 0 saturated carbocycles. The summed E-state index contributed by atoms with van der Waals surface area (Å²) in [7, 11) is 0. The number of phenols is 2. The summed E-state index contributed by atoms with van der Waals surface area (Å²) < 4.78 is 0. The lowest BCUT2D eigenvalue weighted by Crippen LogP contribution is -2.06. The topological polar surface area (TPSA) is 131 Å². The first-order chi connectivity index (χ1) is 8.97. The summed E-state index contributed by atoms with van der Waals surface area (Å²) in [4.78, 5) is 0. The van der Waals surface area contributed by atoms with Crippen LogP contribution < -0.4 is 22.5 Å². The molecule has 0 aliphatic rings. The van der Waals surface area contributed by atoms with Crippen molar-refractivity contribution in [2.24, 2.45) is 0 Å². The summed E-state index contributed by atoms with van der Waals surface area (Å²) in [6.45, 7) is 0.409. The molecule has 0 heterocycles. The predicted molar refractivity (Wildman–Crippen MR) is 76.8 cm³/mol. The molecule has 2 rings (SSSR count). The molecule has 0 aromatic heterocycles. The number of aromatic hydroxyl groups is 2. The van der Waals surface area contributed by atoms with Crippen LogP contribution in [0.15, 0.2) is 30.3 Å². The van der Waals surface area contributed by atoms with Crippen LogP contribution in [0.25, 0.3) is 0 Å². The fourth-order valence-corrected chi connectivity index (χ4v) is 1.79. The number of phenolic OH excluding ortho intramolecular Hbond substituents is 2. The van der Waals surface area contributed by atoms with Gasteiger partial charge in [0.05, 0.1) is 17.1 Å². The van der Waals surface area contributed by atoms with Crippen molar-refractivity contribution in [2.75, 3.05) is 22.5 Å². The summed E-state index contributed by atoms with van der Waals surface area (Å²) in [6.07, 6.45) is 0.